The van der Waals surface area contributed by atoms with Gasteiger partial charge in [0.1, 0.15) is 5.69 Å². The lowest BCUT2D eigenvalue weighted by Gasteiger charge is -2.02. The zero-order valence-corrected chi connectivity index (χ0v) is 12.4. The molecule has 0 fully saturated rings. The number of carbonyl (C=O) groups excluding carboxylic acids is 1. The Morgan fingerprint density at radius 3 is 2.83 bits per heavy atom. The maximum absolute atomic E-state index is 12.2. The molecule has 23 heavy (non-hydrogen) atoms. The van der Waals surface area contributed by atoms with Crippen molar-refractivity contribution in [2.45, 2.75) is 6.92 Å². The SMILES string of the molecule is CCOC(=O)c1[nH]c2ccc3ccccc3c2c1/C=C/[N+](=O)[O-]. The number of nitro groups is 1. The van der Waals surface area contributed by atoms with Crippen molar-refractivity contribution in [3.05, 3.63) is 64.0 Å². The second-order valence-corrected chi connectivity index (χ2v) is 4.94. The second kappa shape index (κ2) is 5.92. The van der Waals surface area contributed by atoms with Gasteiger partial charge in [0.2, 0.25) is 6.20 Å². The van der Waals surface area contributed by atoms with E-state index in [0.717, 1.165) is 27.9 Å². The van der Waals surface area contributed by atoms with Gasteiger partial charge in [-0.25, -0.2) is 4.79 Å². The average Bonchev–Trinajstić information content (AvgIpc) is 2.92. The molecule has 0 saturated carbocycles. The number of rotatable bonds is 4. The Labute approximate surface area is 131 Å². The summed E-state index contributed by atoms with van der Waals surface area (Å²) < 4.78 is 5.04. The topological polar surface area (TPSA) is 85.2 Å². The second-order valence-electron chi connectivity index (χ2n) is 4.94. The third-order valence-corrected chi connectivity index (χ3v) is 3.57. The van der Waals surface area contributed by atoms with Crippen LogP contribution in [-0.2, 0) is 4.74 Å². The van der Waals surface area contributed by atoms with Crippen LogP contribution in [0.4, 0.5) is 0 Å². The van der Waals surface area contributed by atoms with Crippen LogP contribution in [0.1, 0.15) is 23.0 Å². The monoisotopic (exact) mass is 310 g/mol. The van der Waals surface area contributed by atoms with Crippen molar-refractivity contribution in [1.29, 1.82) is 0 Å². The van der Waals surface area contributed by atoms with Crippen LogP contribution in [0.25, 0.3) is 27.8 Å². The number of hydrogen-bond donors (Lipinski definition) is 1. The molecule has 3 rings (SSSR count). The highest BCUT2D eigenvalue weighted by molar-refractivity contribution is 6.14. The predicted molar refractivity (Wildman–Crippen MR) is 87.8 cm³/mol. The number of aromatic nitrogens is 1. The van der Waals surface area contributed by atoms with Gasteiger partial charge in [0, 0.05) is 22.5 Å². The summed E-state index contributed by atoms with van der Waals surface area (Å²) in [4.78, 5) is 25.3. The average molecular weight is 310 g/mol. The molecule has 1 heterocycles. The number of H-pyrrole nitrogens is 1. The summed E-state index contributed by atoms with van der Waals surface area (Å²) in [5, 5.41) is 13.4. The summed E-state index contributed by atoms with van der Waals surface area (Å²) in [7, 11) is 0. The van der Waals surface area contributed by atoms with E-state index in [0.29, 0.717) is 5.56 Å². The van der Waals surface area contributed by atoms with Crippen LogP contribution >= 0.6 is 0 Å². The molecule has 6 nitrogen and oxygen atoms in total. The van der Waals surface area contributed by atoms with Crippen molar-refractivity contribution in [3.63, 3.8) is 0 Å². The summed E-state index contributed by atoms with van der Waals surface area (Å²) >= 11 is 0. The number of nitrogens with zero attached hydrogens (tertiary/aromatic N) is 1. The number of aromatic amines is 1. The van der Waals surface area contributed by atoms with Crippen molar-refractivity contribution in [2.24, 2.45) is 0 Å². The molecule has 6 heteroatoms. The summed E-state index contributed by atoms with van der Waals surface area (Å²) in [6.07, 6.45) is 2.16. The molecule has 2 aromatic carbocycles. The maximum Gasteiger partial charge on any atom is 0.355 e. The Kier molecular flexibility index (Phi) is 3.80. The van der Waals surface area contributed by atoms with Crippen LogP contribution in [-0.4, -0.2) is 22.5 Å². The Morgan fingerprint density at radius 1 is 1.30 bits per heavy atom. The van der Waals surface area contributed by atoms with Crippen molar-refractivity contribution in [3.8, 4) is 0 Å². The molecule has 116 valence electrons. The van der Waals surface area contributed by atoms with Crippen molar-refractivity contribution in [2.75, 3.05) is 6.61 Å². The quantitative estimate of drug-likeness (QED) is 0.452. The first-order chi connectivity index (χ1) is 11.1. The molecule has 0 amide bonds. The molecule has 1 aromatic heterocycles. The highest BCUT2D eigenvalue weighted by Gasteiger charge is 2.19. The molecule has 0 aliphatic rings. The molecule has 0 aliphatic heterocycles. The number of carbonyl (C=O) groups is 1. The number of hydrogen-bond acceptors (Lipinski definition) is 4. The molecular formula is C17H14N2O4. The molecule has 1 N–H and O–H groups in total. The van der Waals surface area contributed by atoms with E-state index in [1.165, 1.54) is 6.08 Å². The smallest absolute Gasteiger partial charge is 0.355 e. The number of ether oxygens (including phenoxy) is 1. The number of benzene rings is 2. The first-order valence-corrected chi connectivity index (χ1v) is 7.14. The predicted octanol–water partition coefficient (Wildman–Crippen LogP) is 3.75. The van der Waals surface area contributed by atoms with E-state index in [1.54, 1.807) is 6.92 Å². The Morgan fingerprint density at radius 2 is 2.09 bits per heavy atom. The summed E-state index contributed by atoms with van der Waals surface area (Å²) in [6, 6.07) is 11.5. The minimum atomic E-state index is -0.557. The van der Waals surface area contributed by atoms with E-state index >= 15 is 0 Å². The van der Waals surface area contributed by atoms with E-state index in [1.807, 2.05) is 36.4 Å². The lowest BCUT2D eigenvalue weighted by Crippen LogP contribution is -2.06. The van der Waals surface area contributed by atoms with E-state index in [9.17, 15) is 14.9 Å². The fourth-order valence-corrected chi connectivity index (χ4v) is 2.66. The molecule has 0 saturated heterocycles. The minimum absolute atomic E-state index is 0.219. The van der Waals surface area contributed by atoms with E-state index in [2.05, 4.69) is 4.98 Å². The first kappa shape index (κ1) is 14.8. The maximum atomic E-state index is 12.2. The largest absolute Gasteiger partial charge is 0.461 e. The third-order valence-electron chi connectivity index (χ3n) is 3.57. The molecular weight excluding hydrogens is 296 g/mol. The number of fused-ring (bicyclic) bond motifs is 3. The summed E-state index contributed by atoms with van der Waals surface area (Å²) in [5.41, 5.74) is 1.41. The number of esters is 1. The standard InChI is InChI=1S/C17H14N2O4/c1-2-23-17(20)16-13(9-10-19(21)22)15-12-6-4-3-5-11(12)7-8-14(15)18-16/h3-10,18H,2H2,1H3/b10-9+. The Hall–Kier alpha value is -3.15. The van der Waals surface area contributed by atoms with Gasteiger partial charge in [-0.05, 0) is 23.8 Å². The molecule has 0 aliphatic carbocycles. The van der Waals surface area contributed by atoms with Crippen molar-refractivity contribution in [1.82, 2.24) is 4.98 Å². The molecule has 0 radical (unpaired) electrons. The van der Waals surface area contributed by atoms with Crippen LogP contribution in [0.2, 0.25) is 0 Å². The third kappa shape index (κ3) is 2.66. The van der Waals surface area contributed by atoms with Gasteiger partial charge < -0.3 is 9.72 Å². The fourth-order valence-electron chi connectivity index (χ4n) is 2.66. The lowest BCUT2D eigenvalue weighted by molar-refractivity contribution is -0.400. The Bertz CT molecular complexity index is 940. The van der Waals surface area contributed by atoms with E-state index in [-0.39, 0.29) is 12.3 Å². The lowest BCUT2D eigenvalue weighted by atomic mass is 10.0. The van der Waals surface area contributed by atoms with Gasteiger partial charge in [0.25, 0.3) is 0 Å². The van der Waals surface area contributed by atoms with Crippen LogP contribution in [0.3, 0.4) is 0 Å². The zero-order chi connectivity index (χ0) is 16.4. The fraction of sp³-hybridized carbons (Fsp3) is 0.118. The van der Waals surface area contributed by atoms with Gasteiger partial charge in [0.05, 0.1) is 11.5 Å². The highest BCUT2D eigenvalue weighted by Crippen LogP contribution is 2.31. The van der Waals surface area contributed by atoms with Crippen LogP contribution in [0, 0.1) is 10.1 Å². The zero-order valence-electron chi connectivity index (χ0n) is 12.4. The molecule has 3 aromatic rings. The molecule has 0 unspecified atom stereocenters. The first-order valence-electron chi connectivity index (χ1n) is 7.14. The highest BCUT2D eigenvalue weighted by atomic mass is 16.6. The summed E-state index contributed by atoms with van der Waals surface area (Å²) in [5.74, 6) is -0.532. The molecule has 0 atom stereocenters. The van der Waals surface area contributed by atoms with Gasteiger partial charge in [-0.15, -0.1) is 0 Å². The van der Waals surface area contributed by atoms with Crippen LogP contribution < -0.4 is 0 Å². The van der Waals surface area contributed by atoms with Gasteiger partial charge in [-0.1, -0.05) is 30.3 Å². The summed E-state index contributed by atoms with van der Waals surface area (Å²) in [6.45, 7) is 1.94. The van der Waals surface area contributed by atoms with E-state index < -0.39 is 10.9 Å². The van der Waals surface area contributed by atoms with Gasteiger partial charge >= 0.3 is 5.97 Å². The van der Waals surface area contributed by atoms with Crippen LogP contribution in [0.5, 0.6) is 0 Å². The number of nitrogens with one attached hydrogen (secondary N) is 1. The normalized spacial score (nSPS) is 11.3. The van der Waals surface area contributed by atoms with Crippen LogP contribution in [0.15, 0.2) is 42.6 Å². The molecule has 0 spiro atoms. The van der Waals surface area contributed by atoms with Crippen molar-refractivity contribution < 1.29 is 14.5 Å². The minimum Gasteiger partial charge on any atom is -0.461 e. The van der Waals surface area contributed by atoms with Gasteiger partial charge in [0.15, 0.2) is 0 Å². The Balaban J connectivity index is 2.35. The molecule has 0 bridgehead atoms. The van der Waals surface area contributed by atoms with Gasteiger partial charge in [-0.2, -0.15) is 0 Å². The van der Waals surface area contributed by atoms with E-state index in [4.69, 9.17) is 4.74 Å². The van der Waals surface area contributed by atoms with Gasteiger partial charge in [-0.3, -0.25) is 10.1 Å². The van der Waals surface area contributed by atoms with Crippen molar-refractivity contribution >= 4 is 33.7 Å².